The molecule has 0 amide bonds. The number of aromatic nitrogens is 3. The van der Waals surface area contributed by atoms with Crippen LogP contribution in [0.5, 0.6) is 0 Å². The fraction of sp³-hybridized carbons (Fsp3) is 0.111. The third-order valence-electron chi connectivity index (χ3n) is 1.81. The van der Waals surface area contributed by atoms with Crippen LogP contribution in [-0.4, -0.2) is 26.0 Å². The van der Waals surface area contributed by atoms with Crippen LogP contribution in [0.3, 0.4) is 0 Å². The van der Waals surface area contributed by atoms with Crippen LogP contribution in [0, 0.1) is 0 Å². The van der Waals surface area contributed by atoms with Crippen LogP contribution in [0.15, 0.2) is 30.3 Å². The lowest BCUT2D eigenvalue weighted by Crippen LogP contribution is -2.07. The van der Waals surface area contributed by atoms with E-state index in [0.717, 1.165) is 0 Å². The van der Waals surface area contributed by atoms with Crippen molar-refractivity contribution in [3.8, 4) is 0 Å². The molecule has 0 atom stereocenters. The van der Waals surface area contributed by atoms with Crippen LogP contribution in [0.1, 0.15) is 5.69 Å². The first-order valence-corrected chi connectivity index (χ1v) is 7.12. The smallest absolute Gasteiger partial charge is 0.309 e. The van der Waals surface area contributed by atoms with Crippen molar-refractivity contribution in [2.45, 2.75) is 15.8 Å². The summed E-state index contributed by atoms with van der Waals surface area (Å²) in [5.74, 6) is -0.924. The first kappa shape index (κ1) is 13.2. The Morgan fingerprint density at radius 1 is 1.61 bits per heavy atom. The topological polar surface area (TPSA) is 95.9 Å². The number of nitrogens with zero attached hydrogens (tertiary/aromatic N) is 2. The molecule has 0 unspecified atom stereocenters. The Kier molecular flexibility index (Phi) is 4.15. The Morgan fingerprint density at radius 3 is 3.11 bits per heavy atom. The number of thiazole rings is 1. The molecule has 0 aliphatic heterocycles. The van der Waals surface area contributed by atoms with E-state index in [2.05, 4.69) is 30.9 Å². The Labute approximate surface area is 118 Å². The van der Waals surface area contributed by atoms with Gasteiger partial charge in [-0.15, -0.1) is 11.3 Å². The molecule has 0 aliphatic carbocycles. The fourth-order valence-corrected chi connectivity index (χ4v) is 3.28. The van der Waals surface area contributed by atoms with Gasteiger partial charge >= 0.3 is 5.97 Å². The highest BCUT2D eigenvalue weighted by Crippen LogP contribution is 2.31. The van der Waals surface area contributed by atoms with Crippen LogP contribution >= 0.6 is 39.0 Å². The van der Waals surface area contributed by atoms with E-state index in [1.165, 1.54) is 29.4 Å². The minimum atomic E-state index is -0.924. The number of carboxylic acid groups (broad SMARTS) is 1. The predicted molar refractivity (Wildman–Crippen MR) is 70.1 cm³/mol. The Morgan fingerprint density at radius 2 is 2.39 bits per heavy atom. The zero-order valence-corrected chi connectivity index (χ0v) is 11.9. The maximum Gasteiger partial charge on any atom is 0.309 e. The standard InChI is InChI=1S/C9H6BrN3O3S2/c10-6-7(16)11-3-12-8(6)18-9-13-4(2-17-9)1-5(14)15/h2-3H,1H2,(H,14,15)(H,11,12,16). The van der Waals surface area contributed by atoms with Crippen LogP contribution < -0.4 is 5.56 Å². The van der Waals surface area contributed by atoms with Crippen LogP contribution in [0.25, 0.3) is 0 Å². The van der Waals surface area contributed by atoms with Crippen molar-refractivity contribution in [3.05, 3.63) is 32.2 Å². The van der Waals surface area contributed by atoms with Crippen molar-refractivity contribution in [1.82, 2.24) is 15.0 Å². The molecule has 2 rings (SSSR count). The first-order valence-electron chi connectivity index (χ1n) is 4.63. The summed E-state index contributed by atoms with van der Waals surface area (Å²) in [7, 11) is 0. The van der Waals surface area contributed by atoms with E-state index >= 15 is 0 Å². The predicted octanol–water partition coefficient (Wildman–Crippen LogP) is 1.77. The summed E-state index contributed by atoms with van der Waals surface area (Å²) >= 11 is 5.67. The van der Waals surface area contributed by atoms with Crippen LogP contribution in [0.2, 0.25) is 0 Å². The van der Waals surface area contributed by atoms with Gasteiger partial charge in [0.1, 0.15) is 9.50 Å². The molecule has 9 heteroatoms. The van der Waals surface area contributed by atoms with Crippen molar-refractivity contribution in [3.63, 3.8) is 0 Å². The number of carbonyl (C=O) groups is 1. The largest absolute Gasteiger partial charge is 0.481 e. The maximum absolute atomic E-state index is 11.3. The number of aromatic amines is 1. The second kappa shape index (κ2) is 5.63. The van der Waals surface area contributed by atoms with Crippen molar-refractivity contribution in [2.24, 2.45) is 0 Å². The van der Waals surface area contributed by atoms with Crippen LogP contribution in [-0.2, 0) is 11.2 Å². The third kappa shape index (κ3) is 3.18. The SMILES string of the molecule is O=C(O)Cc1csc(Sc2nc[nH]c(=O)c2Br)n1. The normalized spacial score (nSPS) is 10.5. The molecule has 0 saturated heterocycles. The van der Waals surface area contributed by atoms with E-state index in [1.54, 1.807) is 5.38 Å². The minimum absolute atomic E-state index is 0.110. The van der Waals surface area contributed by atoms with E-state index in [-0.39, 0.29) is 12.0 Å². The summed E-state index contributed by atoms with van der Waals surface area (Å²) < 4.78 is 0.982. The number of carboxylic acids is 1. The van der Waals surface area contributed by atoms with E-state index in [0.29, 0.717) is 19.5 Å². The second-order valence-corrected chi connectivity index (χ2v) is 6.02. The summed E-state index contributed by atoms with van der Waals surface area (Å²) in [6, 6.07) is 0. The molecule has 0 aromatic carbocycles. The van der Waals surface area contributed by atoms with Crippen LogP contribution in [0.4, 0.5) is 0 Å². The van der Waals surface area contributed by atoms with Gasteiger partial charge in [-0.05, 0) is 27.7 Å². The Hall–Kier alpha value is -1.19. The number of halogens is 1. The first-order chi connectivity index (χ1) is 8.56. The molecule has 0 fully saturated rings. The van der Waals surface area contributed by atoms with Gasteiger partial charge in [-0.2, -0.15) is 0 Å². The average molecular weight is 348 g/mol. The molecular weight excluding hydrogens is 342 g/mol. The quantitative estimate of drug-likeness (QED) is 0.818. The molecule has 18 heavy (non-hydrogen) atoms. The van der Waals surface area contributed by atoms with Gasteiger partial charge in [-0.25, -0.2) is 9.97 Å². The van der Waals surface area contributed by atoms with E-state index in [4.69, 9.17) is 5.11 Å². The maximum atomic E-state index is 11.3. The fourth-order valence-electron chi connectivity index (χ4n) is 1.09. The van der Waals surface area contributed by atoms with Crippen molar-refractivity contribution in [1.29, 1.82) is 0 Å². The lowest BCUT2D eigenvalue weighted by molar-refractivity contribution is -0.136. The monoisotopic (exact) mass is 347 g/mol. The van der Waals surface area contributed by atoms with Gasteiger partial charge in [0.25, 0.3) is 5.56 Å². The minimum Gasteiger partial charge on any atom is -0.481 e. The van der Waals surface area contributed by atoms with Gasteiger partial charge in [0, 0.05) is 5.38 Å². The summed E-state index contributed by atoms with van der Waals surface area (Å²) in [5, 5.41) is 10.8. The second-order valence-electron chi connectivity index (χ2n) is 3.13. The third-order valence-corrected chi connectivity index (χ3v) is 4.80. The molecule has 2 aromatic heterocycles. The zero-order chi connectivity index (χ0) is 13.1. The van der Waals surface area contributed by atoms with Gasteiger partial charge in [0.05, 0.1) is 18.4 Å². The number of H-pyrrole nitrogens is 1. The Bertz CT molecular complexity index is 640. The lowest BCUT2D eigenvalue weighted by Gasteiger charge is -1.98. The zero-order valence-electron chi connectivity index (χ0n) is 8.71. The van der Waals surface area contributed by atoms with Gasteiger partial charge in [-0.1, -0.05) is 0 Å². The molecule has 2 N–H and O–H groups in total. The number of hydrogen-bond donors (Lipinski definition) is 2. The molecule has 0 bridgehead atoms. The molecule has 2 heterocycles. The molecular formula is C9H6BrN3O3S2. The highest BCUT2D eigenvalue weighted by Gasteiger charge is 2.11. The van der Waals surface area contributed by atoms with Gasteiger partial charge in [0.2, 0.25) is 0 Å². The molecule has 0 radical (unpaired) electrons. The van der Waals surface area contributed by atoms with Gasteiger partial charge in [-0.3, -0.25) is 9.59 Å². The van der Waals surface area contributed by atoms with Gasteiger partial charge in [0.15, 0.2) is 4.34 Å². The van der Waals surface area contributed by atoms with Crippen molar-refractivity contribution < 1.29 is 9.90 Å². The summed E-state index contributed by atoms with van der Waals surface area (Å²) in [6.45, 7) is 0. The van der Waals surface area contributed by atoms with E-state index in [1.807, 2.05) is 0 Å². The summed E-state index contributed by atoms with van der Waals surface area (Å²) in [5.41, 5.74) is 0.228. The van der Waals surface area contributed by atoms with E-state index < -0.39 is 5.97 Å². The number of hydrogen-bond acceptors (Lipinski definition) is 6. The molecule has 0 saturated carbocycles. The van der Waals surface area contributed by atoms with Gasteiger partial charge < -0.3 is 10.1 Å². The molecule has 0 aliphatic rings. The molecule has 2 aromatic rings. The average Bonchev–Trinajstić information content (AvgIpc) is 2.71. The molecule has 0 spiro atoms. The highest BCUT2D eigenvalue weighted by atomic mass is 79.9. The highest BCUT2D eigenvalue weighted by molar-refractivity contribution is 9.10. The summed E-state index contributed by atoms with van der Waals surface area (Å²) in [6.07, 6.45) is 1.20. The van der Waals surface area contributed by atoms with Crippen molar-refractivity contribution >= 4 is 45.0 Å². The number of aliphatic carboxylic acids is 1. The molecule has 6 nitrogen and oxygen atoms in total. The lowest BCUT2D eigenvalue weighted by atomic mass is 10.3. The van der Waals surface area contributed by atoms with E-state index in [9.17, 15) is 9.59 Å². The molecule has 94 valence electrons. The summed E-state index contributed by atoms with van der Waals surface area (Å²) in [4.78, 5) is 32.5. The van der Waals surface area contributed by atoms with Crippen molar-refractivity contribution in [2.75, 3.05) is 0 Å². The number of rotatable bonds is 4. The Balaban J connectivity index is 2.19. The number of nitrogens with one attached hydrogen (secondary N) is 1.